The Morgan fingerprint density at radius 1 is 1.19 bits per heavy atom. The molecule has 0 amide bonds. The van der Waals surface area contributed by atoms with Crippen LogP contribution in [0.2, 0.25) is 0 Å². The standard InChI is InChI=1S/C10H10O6/c11-4-8(12)7-3-5(9(13)14)1-2-6(7)10(15)16/h1-3,8,11-12H,4H2,(H,13,14)(H,15,16). The fourth-order valence-electron chi connectivity index (χ4n) is 1.26. The largest absolute Gasteiger partial charge is 0.478 e. The molecule has 1 aromatic carbocycles. The Morgan fingerprint density at radius 3 is 2.25 bits per heavy atom. The third-order valence-electron chi connectivity index (χ3n) is 2.06. The van der Waals surface area contributed by atoms with E-state index in [9.17, 15) is 14.7 Å². The Kier molecular flexibility index (Phi) is 3.60. The molecule has 0 aliphatic rings. The summed E-state index contributed by atoms with van der Waals surface area (Å²) in [5.41, 5.74) is -0.492. The van der Waals surface area contributed by atoms with Gasteiger partial charge in [-0.25, -0.2) is 9.59 Å². The molecule has 0 aromatic heterocycles. The van der Waals surface area contributed by atoms with Gasteiger partial charge in [0, 0.05) is 0 Å². The maximum atomic E-state index is 10.8. The molecule has 0 fully saturated rings. The molecule has 4 N–H and O–H groups in total. The van der Waals surface area contributed by atoms with Crippen molar-refractivity contribution in [3.05, 3.63) is 34.9 Å². The lowest BCUT2D eigenvalue weighted by atomic mass is 9.99. The minimum Gasteiger partial charge on any atom is -0.478 e. The van der Waals surface area contributed by atoms with Crippen molar-refractivity contribution in [1.29, 1.82) is 0 Å². The zero-order chi connectivity index (χ0) is 12.3. The van der Waals surface area contributed by atoms with Crippen LogP contribution in [0, 0.1) is 0 Å². The molecule has 1 rings (SSSR count). The van der Waals surface area contributed by atoms with Crippen molar-refractivity contribution in [2.75, 3.05) is 6.61 Å². The fourth-order valence-corrected chi connectivity index (χ4v) is 1.26. The van der Waals surface area contributed by atoms with E-state index in [0.29, 0.717) is 0 Å². The summed E-state index contributed by atoms with van der Waals surface area (Å²) in [6.45, 7) is -0.677. The lowest BCUT2D eigenvalue weighted by molar-refractivity contribution is 0.0661. The van der Waals surface area contributed by atoms with E-state index in [1.807, 2.05) is 0 Å². The Labute approximate surface area is 90.4 Å². The highest BCUT2D eigenvalue weighted by Crippen LogP contribution is 2.20. The van der Waals surface area contributed by atoms with E-state index in [-0.39, 0.29) is 16.7 Å². The predicted molar refractivity (Wildman–Crippen MR) is 52.4 cm³/mol. The van der Waals surface area contributed by atoms with Gasteiger partial charge < -0.3 is 20.4 Å². The SMILES string of the molecule is O=C(O)c1ccc(C(=O)O)c(C(O)CO)c1. The van der Waals surface area contributed by atoms with Crippen LogP contribution in [0.15, 0.2) is 18.2 Å². The molecule has 6 nitrogen and oxygen atoms in total. The van der Waals surface area contributed by atoms with Crippen molar-refractivity contribution in [2.45, 2.75) is 6.10 Å². The van der Waals surface area contributed by atoms with Crippen LogP contribution in [0.4, 0.5) is 0 Å². The smallest absolute Gasteiger partial charge is 0.336 e. The first-order valence-corrected chi connectivity index (χ1v) is 4.36. The molecule has 0 saturated heterocycles. The molecular formula is C10H10O6. The van der Waals surface area contributed by atoms with Crippen LogP contribution < -0.4 is 0 Å². The summed E-state index contributed by atoms with van der Waals surface area (Å²) in [5.74, 6) is -2.53. The summed E-state index contributed by atoms with van der Waals surface area (Å²) in [6, 6.07) is 3.24. The van der Waals surface area contributed by atoms with Gasteiger partial charge >= 0.3 is 11.9 Å². The Balaban J connectivity index is 3.32. The number of hydrogen-bond acceptors (Lipinski definition) is 4. The van der Waals surface area contributed by atoms with Crippen LogP contribution in [0.3, 0.4) is 0 Å². The third-order valence-corrected chi connectivity index (χ3v) is 2.06. The zero-order valence-corrected chi connectivity index (χ0v) is 8.12. The van der Waals surface area contributed by atoms with Crippen molar-refractivity contribution < 1.29 is 30.0 Å². The van der Waals surface area contributed by atoms with E-state index in [1.165, 1.54) is 0 Å². The van der Waals surface area contributed by atoms with Crippen molar-refractivity contribution >= 4 is 11.9 Å². The summed E-state index contributed by atoms with van der Waals surface area (Å²) in [4.78, 5) is 21.4. The van der Waals surface area contributed by atoms with Crippen LogP contribution in [0.25, 0.3) is 0 Å². The van der Waals surface area contributed by atoms with Gasteiger partial charge in [-0.3, -0.25) is 0 Å². The molecule has 86 valence electrons. The molecule has 0 aliphatic heterocycles. The van der Waals surface area contributed by atoms with Gasteiger partial charge in [-0.1, -0.05) is 0 Å². The number of aliphatic hydroxyl groups is 2. The number of carboxylic acid groups (broad SMARTS) is 2. The number of carbonyl (C=O) groups is 2. The van der Waals surface area contributed by atoms with E-state index in [0.717, 1.165) is 18.2 Å². The van der Waals surface area contributed by atoms with Gasteiger partial charge in [0.1, 0.15) is 6.10 Å². The van der Waals surface area contributed by atoms with E-state index >= 15 is 0 Å². The van der Waals surface area contributed by atoms with Gasteiger partial charge in [0.05, 0.1) is 17.7 Å². The van der Waals surface area contributed by atoms with Crippen LogP contribution in [-0.2, 0) is 0 Å². The topological polar surface area (TPSA) is 115 Å². The molecule has 1 atom stereocenters. The van der Waals surface area contributed by atoms with E-state index in [2.05, 4.69) is 0 Å². The molecule has 0 spiro atoms. The number of aromatic carboxylic acids is 2. The average molecular weight is 226 g/mol. The highest BCUT2D eigenvalue weighted by Gasteiger charge is 2.18. The van der Waals surface area contributed by atoms with Gasteiger partial charge in [-0.2, -0.15) is 0 Å². The molecule has 0 bridgehead atoms. The molecule has 1 unspecified atom stereocenters. The third kappa shape index (κ3) is 2.36. The number of rotatable bonds is 4. The second-order valence-electron chi connectivity index (χ2n) is 3.11. The first-order valence-electron chi connectivity index (χ1n) is 4.36. The zero-order valence-electron chi connectivity index (χ0n) is 8.12. The maximum absolute atomic E-state index is 10.8. The normalized spacial score (nSPS) is 12.1. The van der Waals surface area contributed by atoms with Gasteiger partial charge in [0.25, 0.3) is 0 Å². The number of carboxylic acids is 2. The minimum atomic E-state index is -1.41. The van der Waals surface area contributed by atoms with Crippen LogP contribution in [0.5, 0.6) is 0 Å². The molecule has 6 heteroatoms. The summed E-state index contributed by atoms with van der Waals surface area (Å²) in [5, 5.41) is 35.6. The number of aliphatic hydroxyl groups excluding tert-OH is 2. The van der Waals surface area contributed by atoms with Crippen molar-refractivity contribution in [1.82, 2.24) is 0 Å². The monoisotopic (exact) mass is 226 g/mol. The fraction of sp³-hybridized carbons (Fsp3) is 0.200. The summed E-state index contributed by atoms with van der Waals surface area (Å²) in [6.07, 6.45) is -1.41. The quantitative estimate of drug-likeness (QED) is 0.579. The molecule has 16 heavy (non-hydrogen) atoms. The molecule has 0 aliphatic carbocycles. The Morgan fingerprint density at radius 2 is 1.81 bits per heavy atom. The summed E-state index contributed by atoms with van der Waals surface area (Å²) >= 11 is 0. The minimum absolute atomic E-state index is 0.116. The predicted octanol–water partition coefficient (Wildman–Crippen LogP) is 0.109. The second-order valence-corrected chi connectivity index (χ2v) is 3.11. The number of hydrogen-bond donors (Lipinski definition) is 4. The van der Waals surface area contributed by atoms with E-state index in [4.69, 9.17) is 15.3 Å². The van der Waals surface area contributed by atoms with Gasteiger partial charge in [0.2, 0.25) is 0 Å². The van der Waals surface area contributed by atoms with Gasteiger partial charge in [-0.05, 0) is 23.8 Å². The van der Waals surface area contributed by atoms with Crippen molar-refractivity contribution in [3.8, 4) is 0 Å². The van der Waals surface area contributed by atoms with Crippen molar-refractivity contribution in [3.63, 3.8) is 0 Å². The molecular weight excluding hydrogens is 216 g/mol. The summed E-state index contributed by atoms with van der Waals surface area (Å²) < 4.78 is 0. The molecule has 0 saturated carbocycles. The Bertz CT molecular complexity index is 425. The van der Waals surface area contributed by atoms with Gasteiger partial charge in [-0.15, -0.1) is 0 Å². The van der Waals surface area contributed by atoms with Crippen LogP contribution in [0.1, 0.15) is 32.4 Å². The second kappa shape index (κ2) is 4.73. The molecule has 0 heterocycles. The summed E-state index contributed by atoms with van der Waals surface area (Å²) in [7, 11) is 0. The van der Waals surface area contributed by atoms with Crippen LogP contribution >= 0.6 is 0 Å². The first-order chi connectivity index (χ1) is 7.47. The van der Waals surface area contributed by atoms with Crippen LogP contribution in [-0.4, -0.2) is 39.0 Å². The lowest BCUT2D eigenvalue weighted by Gasteiger charge is -2.11. The van der Waals surface area contributed by atoms with Gasteiger partial charge in [0.15, 0.2) is 0 Å². The van der Waals surface area contributed by atoms with E-state index < -0.39 is 24.6 Å². The average Bonchev–Trinajstić information content (AvgIpc) is 2.26. The first kappa shape index (κ1) is 12.2. The maximum Gasteiger partial charge on any atom is 0.336 e. The molecule has 1 aromatic rings. The van der Waals surface area contributed by atoms with E-state index in [1.54, 1.807) is 0 Å². The molecule has 0 radical (unpaired) electrons. The Hall–Kier alpha value is -1.92. The highest BCUT2D eigenvalue weighted by molar-refractivity contribution is 5.93. The lowest BCUT2D eigenvalue weighted by Crippen LogP contribution is -2.12. The number of benzene rings is 1. The van der Waals surface area contributed by atoms with Crippen molar-refractivity contribution in [2.24, 2.45) is 0 Å². The highest BCUT2D eigenvalue weighted by atomic mass is 16.4.